The van der Waals surface area contributed by atoms with Crippen molar-refractivity contribution in [3.05, 3.63) is 12.3 Å². The summed E-state index contributed by atoms with van der Waals surface area (Å²) in [5.41, 5.74) is 0.870. The van der Waals surface area contributed by atoms with Crippen LogP contribution in [0, 0.1) is 0 Å². The van der Waals surface area contributed by atoms with Crippen LogP contribution in [-0.2, 0) is 0 Å². The highest BCUT2D eigenvalue weighted by atomic mass is 15.1. The Hall–Kier alpha value is -0.960. The van der Waals surface area contributed by atoms with Gasteiger partial charge in [0.15, 0.2) is 0 Å². The van der Waals surface area contributed by atoms with E-state index in [2.05, 4.69) is 28.2 Å². The Bertz CT molecular complexity index is 202. The fraction of sp³-hybridized carbons (Fsp3) is 0.600. The maximum Gasteiger partial charge on any atom is 0.114 e. The molecule has 0 aromatic carbocycles. The van der Waals surface area contributed by atoms with Gasteiger partial charge >= 0.3 is 0 Å². The van der Waals surface area contributed by atoms with Crippen molar-refractivity contribution in [1.29, 1.82) is 0 Å². The van der Waals surface area contributed by atoms with E-state index in [0.29, 0.717) is 0 Å². The average Bonchev–Trinajstić information content (AvgIpc) is 2.16. The second kappa shape index (κ2) is 5.65. The van der Waals surface area contributed by atoms with Crippen LogP contribution in [0.2, 0.25) is 0 Å². The van der Waals surface area contributed by atoms with E-state index >= 15 is 0 Å². The summed E-state index contributed by atoms with van der Waals surface area (Å²) in [5.74, 6) is 0. The molecular weight excluding hydrogens is 162 g/mol. The lowest BCUT2D eigenvalue weighted by Gasteiger charge is -2.25. The van der Waals surface area contributed by atoms with E-state index in [1.807, 2.05) is 0 Å². The molecule has 0 saturated carbocycles. The molecule has 1 heterocycles. The Morgan fingerprint density at radius 1 is 1.31 bits per heavy atom. The van der Waals surface area contributed by atoms with Gasteiger partial charge in [-0.1, -0.05) is 13.0 Å². The van der Waals surface area contributed by atoms with Gasteiger partial charge in [-0.15, -0.1) is 0 Å². The van der Waals surface area contributed by atoms with Crippen molar-refractivity contribution in [2.75, 3.05) is 19.6 Å². The molecule has 0 spiro atoms. The smallest absolute Gasteiger partial charge is 0.114 e. The summed E-state index contributed by atoms with van der Waals surface area (Å²) in [6.07, 6.45) is 5.42. The summed E-state index contributed by atoms with van der Waals surface area (Å²) < 4.78 is 0. The summed E-state index contributed by atoms with van der Waals surface area (Å²) in [6.45, 7) is 10.4. The zero-order valence-corrected chi connectivity index (χ0v) is 8.08. The van der Waals surface area contributed by atoms with Crippen molar-refractivity contribution in [3.63, 3.8) is 0 Å². The molecule has 72 valence electrons. The summed E-state index contributed by atoms with van der Waals surface area (Å²) in [6, 6.07) is 0. The molecule has 0 aromatic heterocycles. The van der Waals surface area contributed by atoms with E-state index in [1.54, 1.807) is 0 Å². The lowest BCUT2D eigenvalue weighted by Crippen LogP contribution is -2.31. The van der Waals surface area contributed by atoms with Crippen LogP contribution in [0.1, 0.15) is 19.3 Å². The molecule has 0 N–H and O–H groups in total. The minimum atomic E-state index is 0.867. The highest BCUT2D eigenvalue weighted by Gasteiger charge is 2.09. The Labute approximate surface area is 79.9 Å². The first-order valence-corrected chi connectivity index (χ1v) is 4.71. The lowest BCUT2D eigenvalue weighted by atomic mass is 10.1. The standard InChI is InChI=1S/C10H17N3/c1-10(12-9-11-2)8-13-6-4-3-5-7-13/h9H,1-8H2. The van der Waals surface area contributed by atoms with Crippen LogP contribution >= 0.6 is 0 Å². The van der Waals surface area contributed by atoms with Gasteiger partial charge in [0.1, 0.15) is 6.34 Å². The summed E-state index contributed by atoms with van der Waals surface area (Å²) in [7, 11) is 0. The number of aliphatic imine (C=N–C) groups is 2. The third-order valence-electron chi connectivity index (χ3n) is 2.18. The molecule has 0 aliphatic carbocycles. The molecule has 3 nitrogen and oxygen atoms in total. The van der Waals surface area contributed by atoms with Gasteiger partial charge in [0.2, 0.25) is 0 Å². The molecule has 1 rings (SSSR count). The fourth-order valence-corrected chi connectivity index (χ4v) is 1.54. The molecule has 3 heteroatoms. The van der Waals surface area contributed by atoms with Gasteiger partial charge in [-0.25, -0.2) is 4.99 Å². The molecule has 0 bridgehead atoms. The molecule has 1 saturated heterocycles. The Morgan fingerprint density at radius 3 is 2.62 bits per heavy atom. The van der Waals surface area contributed by atoms with E-state index < -0.39 is 0 Å². The van der Waals surface area contributed by atoms with E-state index in [1.165, 1.54) is 38.7 Å². The number of piperidine rings is 1. The maximum atomic E-state index is 4.05. The normalized spacial score (nSPS) is 19.1. The Kier molecular flexibility index (Phi) is 4.40. The summed E-state index contributed by atoms with van der Waals surface area (Å²) in [5, 5.41) is 0. The van der Waals surface area contributed by atoms with Crippen LogP contribution in [0.5, 0.6) is 0 Å². The monoisotopic (exact) mass is 179 g/mol. The number of hydrogen-bond donors (Lipinski definition) is 0. The van der Waals surface area contributed by atoms with Gasteiger partial charge in [0, 0.05) is 12.2 Å². The molecular formula is C10H17N3. The molecule has 0 amide bonds. The van der Waals surface area contributed by atoms with E-state index in [-0.39, 0.29) is 0 Å². The zero-order valence-electron chi connectivity index (χ0n) is 8.08. The van der Waals surface area contributed by atoms with Crippen molar-refractivity contribution in [2.24, 2.45) is 9.98 Å². The van der Waals surface area contributed by atoms with Crippen LogP contribution in [0.15, 0.2) is 22.3 Å². The van der Waals surface area contributed by atoms with Gasteiger partial charge in [0.25, 0.3) is 0 Å². The SMILES string of the molecule is C=NC=NC(=C)CN1CCCCC1. The molecule has 0 aromatic rings. The second-order valence-electron chi connectivity index (χ2n) is 3.33. The van der Waals surface area contributed by atoms with Gasteiger partial charge in [-0.3, -0.25) is 9.89 Å². The van der Waals surface area contributed by atoms with Crippen molar-refractivity contribution >= 4 is 13.1 Å². The first kappa shape index (κ1) is 10.1. The van der Waals surface area contributed by atoms with Crippen LogP contribution in [0.4, 0.5) is 0 Å². The number of nitrogens with zero attached hydrogens (tertiary/aromatic N) is 3. The largest absolute Gasteiger partial charge is 0.298 e. The third-order valence-corrected chi connectivity index (χ3v) is 2.18. The average molecular weight is 179 g/mol. The highest BCUT2D eigenvalue weighted by molar-refractivity contribution is 5.63. The van der Waals surface area contributed by atoms with E-state index in [0.717, 1.165) is 12.2 Å². The Balaban J connectivity index is 2.25. The number of rotatable bonds is 4. The van der Waals surface area contributed by atoms with Crippen molar-refractivity contribution in [2.45, 2.75) is 19.3 Å². The van der Waals surface area contributed by atoms with Crippen LogP contribution in [-0.4, -0.2) is 37.6 Å². The van der Waals surface area contributed by atoms with Crippen LogP contribution < -0.4 is 0 Å². The topological polar surface area (TPSA) is 28.0 Å². The first-order chi connectivity index (χ1) is 6.33. The summed E-state index contributed by atoms with van der Waals surface area (Å²) >= 11 is 0. The molecule has 13 heavy (non-hydrogen) atoms. The molecule has 0 radical (unpaired) electrons. The highest BCUT2D eigenvalue weighted by Crippen LogP contribution is 2.10. The minimum absolute atomic E-state index is 0.867. The minimum Gasteiger partial charge on any atom is -0.298 e. The van der Waals surface area contributed by atoms with Crippen LogP contribution in [0.3, 0.4) is 0 Å². The van der Waals surface area contributed by atoms with Crippen molar-refractivity contribution < 1.29 is 0 Å². The zero-order chi connectivity index (χ0) is 9.52. The van der Waals surface area contributed by atoms with Crippen LogP contribution in [0.25, 0.3) is 0 Å². The Morgan fingerprint density at radius 2 is 2.00 bits per heavy atom. The number of likely N-dealkylation sites (tertiary alicyclic amines) is 1. The quantitative estimate of drug-likeness (QED) is 0.477. The predicted molar refractivity (Wildman–Crippen MR) is 57.5 cm³/mol. The molecule has 1 fully saturated rings. The molecule has 1 aliphatic rings. The second-order valence-corrected chi connectivity index (χ2v) is 3.33. The maximum absolute atomic E-state index is 4.05. The van der Waals surface area contributed by atoms with Gasteiger partial charge in [0.05, 0.1) is 0 Å². The van der Waals surface area contributed by atoms with E-state index in [4.69, 9.17) is 0 Å². The fourth-order valence-electron chi connectivity index (χ4n) is 1.54. The molecule has 1 aliphatic heterocycles. The van der Waals surface area contributed by atoms with Crippen molar-refractivity contribution in [3.8, 4) is 0 Å². The first-order valence-electron chi connectivity index (χ1n) is 4.71. The van der Waals surface area contributed by atoms with Gasteiger partial charge in [-0.05, 0) is 32.6 Å². The predicted octanol–water partition coefficient (Wildman–Crippen LogP) is 1.71. The van der Waals surface area contributed by atoms with Gasteiger partial charge < -0.3 is 0 Å². The third kappa shape index (κ3) is 3.99. The lowest BCUT2D eigenvalue weighted by molar-refractivity contribution is 0.246. The van der Waals surface area contributed by atoms with Gasteiger partial charge in [-0.2, -0.15) is 0 Å². The number of hydrogen-bond acceptors (Lipinski definition) is 2. The molecule has 0 atom stereocenters. The van der Waals surface area contributed by atoms with E-state index in [9.17, 15) is 0 Å². The molecule has 0 unspecified atom stereocenters. The van der Waals surface area contributed by atoms with Crippen molar-refractivity contribution in [1.82, 2.24) is 4.90 Å². The summed E-state index contributed by atoms with van der Waals surface area (Å²) in [4.78, 5) is 9.98.